The van der Waals surface area contributed by atoms with Crippen LogP contribution in [0, 0.1) is 0 Å². The first kappa shape index (κ1) is 14.6. The van der Waals surface area contributed by atoms with Crippen LogP contribution in [0.1, 0.15) is 23.2 Å². The Balaban J connectivity index is 2.15. The van der Waals surface area contributed by atoms with E-state index < -0.39 is 23.9 Å². The number of amides is 1. The van der Waals surface area contributed by atoms with Crippen molar-refractivity contribution in [2.45, 2.75) is 18.9 Å². The highest BCUT2D eigenvalue weighted by molar-refractivity contribution is 6.06. The molecule has 0 aliphatic rings. The molecule has 1 atom stereocenters. The van der Waals surface area contributed by atoms with Gasteiger partial charge < -0.3 is 19.9 Å². The molecule has 1 heterocycles. The largest absolute Gasteiger partial charge is 0.481 e. The number of rotatable bonds is 6. The summed E-state index contributed by atoms with van der Waals surface area (Å²) in [5.41, 5.74) is 0.729. The van der Waals surface area contributed by atoms with Crippen LogP contribution in [0.2, 0.25) is 0 Å². The van der Waals surface area contributed by atoms with Crippen LogP contribution in [0.3, 0.4) is 0 Å². The maximum atomic E-state index is 12.1. The number of hydrogen-bond donors (Lipinski definition) is 3. The third kappa shape index (κ3) is 3.38. The van der Waals surface area contributed by atoms with Crippen LogP contribution in [0.25, 0.3) is 11.0 Å². The minimum atomic E-state index is -1.28. The number of carboxylic acid groups (broad SMARTS) is 2. The van der Waals surface area contributed by atoms with Gasteiger partial charge in [0.25, 0.3) is 5.91 Å². The van der Waals surface area contributed by atoms with Gasteiger partial charge in [0.05, 0.1) is 5.56 Å². The molecule has 0 aliphatic carbocycles. The van der Waals surface area contributed by atoms with Gasteiger partial charge in [-0.2, -0.15) is 0 Å². The van der Waals surface area contributed by atoms with Crippen LogP contribution in [-0.2, 0) is 9.59 Å². The summed E-state index contributed by atoms with van der Waals surface area (Å²) in [6.45, 7) is 0. The van der Waals surface area contributed by atoms with E-state index in [-0.39, 0.29) is 18.4 Å². The lowest BCUT2D eigenvalue weighted by atomic mass is 10.1. The standard InChI is InChI=1S/C14H13NO6/c16-12(17)6-5-10(14(19)20)15-13(18)9-7-21-11-4-2-1-3-8(9)11/h1-4,7,10H,5-6H2,(H,15,18)(H,16,17)(H,19,20)/t10-/m0/s1. The van der Waals surface area contributed by atoms with Gasteiger partial charge in [-0.15, -0.1) is 0 Å². The summed E-state index contributed by atoms with van der Waals surface area (Å²) >= 11 is 0. The number of para-hydroxylation sites is 1. The van der Waals surface area contributed by atoms with Crippen molar-refractivity contribution in [2.24, 2.45) is 0 Å². The molecular weight excluding hydrogens is 278 g/mol. The molecule has 0 radical (unpaired) electrons. The van der Waals surface area contributed by atoms with Crippen molar-refractivity contribution in [1.82, 2.24) is 5.32 Å². The average Bonchev–Trinajstić information content (AvgIpc) is 2.86. The Kier molecular flexibility index (Phi) is 4.22. The average molecular weight is 291 g/mol. The van der Waals surface area contributed by atoms with Gasteiger partial charge in [0.15, 0.2) is 0 Å². The number of fused-ring (bicyclic) bond motifs is 1. The summed E-state index contributed by atoms with van der Waals surface area (Å²) in [5.74, 6) is -3.01. The summed E-state index contributed by atoms with van der Waals surface area (Å²) < 4.78 is 5.21. The van der Waals surface area contributed by atoms with Gasteiger partial charge in [-0.05, 0) is 12.5 Å². The van der Waals surface area contributed by atoms with Gasteiger partial charge in [0.2, 0.25) is 0 Å². The minimum absolute atomic E-state index is 0.188. The molecule has 2 rings (SSSR count). The van der Waals surface area contributed by atoms with E-state index in [1.54, 1.807) is 24.3 Å². The Morgan fingerprint density at radius 3 is 2.57 bits per heavy atom. The zero-order chi connectivity index (χ0) is 15.4. The van der Waals surface area contributed by atoms with Gasteiger partial charge in [-0.3, -0.25) is 9.59 Å². The number of hydrogen-bond acceptors (Lipinski definition) is 4. The number of benzene rings is 1. The summed E-state index contributed by atoms with van der Waals surface area (Å²) in [5, 5.41) is 20.5. The number of nitrogens with one attached hydrogen (secondary N) is 1. The topological polar surface area (TPSA) is 117 Å². The molecule has 7 heteroatoms. The highest BCUT2D eigenvalue weighted by atomic mass is 16.4. The molecule has 3 N–H and O–H groups in total. The molecule has 1 aromatic heterocycles. The predicted octanol–water partition coefficient (Wildman–Crippen LogP) is 1.48. The van der Waals surface area contributed by atoms with E-state index >= 15 is 0 Å². The van der Waals surface area contributed by atoms with Crippen molar-refractivity contribution in [3.8, 4) is 0 Å². The fourth-order valence-electron chi connectivity index (χ4n) is 1.91. The maximum Gasteiger partial charge on any atom is 0.326 e. The first-order chi connectivity index (χ1) is 9.99. The van der Waals surface area contributed by atoms with Crippen molar-refractivity contribution in [3.63, 3.8) is 0 Å². The van der Waals surface area contributed by atoms with Gasteiger partial charge in [0.1, 0.15) is 17.9 Å². The van der Waals surface area contributed by atoms with Crippen LogP contribution in [0.4, 0.5) is 0 Å². The Hall–Kier alpha value is -2.83. The third-order valence-electron chi connectivity index (χ3n) is 2.98. The number of carboxylic acids is 2. The second kappa shape index (κ2) is 6.08. The lowest BCUT2D eigenvalue weighted by Gasteiger charge is -2.12. The fourth-order valence-corrected chi connectivity index (χ4v) is 1.91. The van der Waals surface area contributed by atoms with Crippen molar-refractivity contribution in [3.05, 3.63) is 36.1 Å². The van der Waals surface area contributed by atoms with E-state index in [0.717, 1.165) is 0 Å². The summed E-state index contributed by atoms with van der Waals surface area (Å²) in [4.78, 5) is 33.6. The summed E-state index contributed by atoms with van der Waals surface area (Å²) in [7, 11) is 0. The molecule has 0 saturated carbocycles. The van der Waals surface area contributed by atoms with Gasteiger partial charge in [0, 0.05) is 11.8 Å². The van der Waals surface area contributed by atoms with Crippen LogP contribution >= 0.6 is 0 Å². The summed E-state index contributed by atoms with van der Waals surface area (Å²) in [6, 6.07) is 5.59. The van der Waals surface area contributed by atoms with Crippen LogP contribution < -0.4 is 5.32 Å². The van der Waals surface area contributed by atoms with Crippen LogP contribution in [0.15, 0.2) is 34.9 Å². The monoisotopic (exact) mass is 291 g/mol. The van der Waals surface area contributed by atoms with Gasteiger partial charge >= 0.3 is 11.9 Å². The smallest absolute Gasteiger partial charge is 0.326 e. The molecule has 0 bridgehead atoms. The van der Waals surface area contributed by atoms with E-state index in [1.807, 2.05) is 0 Å². The number of furan rings is 1. The molecule has 1 amide bonds. The summed E-state index contributed by atoms with van der Waals surface area (Å²) in [6.07, 6.45) is 0.714. The Bertz CT molecular complexity index is 690. The molecule has 110 valence electrons. The van der Waals surface area contributed by atoms with Crippen LogP contribution in [-0.4, -0.2) is 34.1 Å². The Morgan fingerprint density at radius 2 is 1.90 bits per heavy atom. The van der Waals surface area contributed by atoms with Gasteiger partial charge in [-0.25, -0.2) is 4.79 Å². The van der Waals surface area contributed by atoms with E-state index in [4.69, 9.17) is 14.6 Å². The SMILES string of the molecule is O=C(O)CC[C@H](NC(=O)c1coc2ccccc12)C(=O)O. The predicted molar refractivity (Wildman–Crippen MR) is 72.0 cm³/mol. The van der Waals surface area contributed by atoms with Gasteiger partial charge in [-0.1, -0.05) is 18.2 Å². The molecule has 0 saturated heterocycles. The van der Waals surface area contributed by atoms with Crippen LogP contribution in [0.5, 0.6) is 0 Å². The molecule has 7 nitrogen and oxygen atoms in total. The second-order valence-electron chi connectivity index (χ2n) is 4.44. The molecule has 21 heavy (non-hydrogen) atoms. The van der Waals surface area contributed by atoms with Crippen molar-refractivity contribution < 1.29 is 29.0 Å². The first-order valence-corrected chi connectivity index (χ1v) is 6.20. The normalized spacial score (nSPS) is 12.0. The highest BCUT2D eigenvalue weighted by Crippen LogP contribution is 2.20. The lowest BCUT2D eigenvalue weighted by Crippen LogP contribution is -2.41. The minimum Gasteiger partial charge on any atom is -0.481 e. The number of carbonyl (C=O) groups excluding carboxylic acids is 1. The van der Waals surface area contributed by atoms with Crippen molar-refractivity contribution >= 4 is 28.8 Å². The zero-order valence-electron chi connectivity index (χ0n) is 10.9. The molecule has 2 aromatic rings. The molecular formula is C14H13NO6. The quantitative estimate of drug-likeness (QED) is 0.742. The zero-order valence-corrected chi connectivity index (χ0v) is 10.9. The lowest BCUT2D eigenvalue weighted by molar-refractivity contribution is -0.140. The molecule has 0 fully saturated rings. The maximum absolute atomic E-state index is 12.1. The van der Waals surface area contributed by atoms with E-state index in [9.17, 15) is 14.4 Å². The third-order valence-corrected chi connectivity index (χ3v) is 2.98. The van der Waals surface area contributed by atoms with E-state index in [2.05, 4.69) is 5.32 Å². The fraction of sp³-hybridized carbons (Fsp3) is 0.214. The Labute approximate surface area is 119 Å². The highest BCUT2D eigenvalue weighted by Gasteiger charge is 2.23. The number of aliphatic carboxylic acids is 2. The second-order valence-corrected chi connectivity index (χ2v) is 4.44. The van der Waals surface area contributed by atoms with E-state index in [1.165, 1.54) is 6.26 Å². The number of carbonyl (C=O) groups is 3. The van der Waals surface area contributed by atoms with Crippen molar-refractivity contribution in [1.29, 1.82) is 0 Å². The first-order valence-electron chi connectivity index (χ1n) is 6.20. The molecule has 0 unspecified atom stereocenters. The van der Waals surface area contributed by atoms with Crippen molar-refractivity contribution in [2.75, 3.05) is 0 Å². The molecule has 0 aliphatic heterocycles. The van der Waals surface area contributed by atoms with E-state index in [0.29, 0.717) is 11.0 Å². The molecule has 1 aromatic carbocycles. The molecule has 0 spiro atoms. The Morgan fingerprint density at radius 1 is 1.19 bits per heavy atom.